The maximum atomic E-state index is 12.6. The number of rotatable bonds is 3. The van der Waals surface area contributed by atoms with Crippen LogP contribution in [0.3, 0.4) is 0 Å². The molecule has 0 saturated carbocycles. The first kappa shape index (κ1) is 15.9. The molecule has 3 heterocycles. The van der Waals surface area contributed by atoms with E-state index in [1.807, 2.05) is 0 Å². The van der Waals surface area contributed by atoms with Crippen molar-refractivity contribution in [2.75, 3.05) is 13.1 Å². The molecule has 0 spiro atoms. The normalized spacial score (nSPS) is 19.0. The number of aromatic nitrogens is 4. The SMILES string of the molecule is CC(c1cnccn1)N1CCC(n2ccc(C(F)(F)F)n2)CC1. The Labute approximate surface area is 132 Å². The third-order valence-electron chi connectivity index (χ3n) is 4.33. The highest BCUT2D eigenvalue weighted by Crippen LogP contribution is 2.31. The van der Waals surface area contributed by atoms with Crippen LogP contribution in [-0.4, -0.2) is 37.7 Å². The number of likely N-dealkylation sites (tertiary alicyclic amines) is 1. The number of piperidine rings is 1. The zero-order chi connectivity index (χ0) is 16.4. The second-order valence-corrected chi connectivity index (χ2v) is 5.75. The van der Waals surface area contributed by atoms with Gasteiger partial charge in [-0.2, -0.15) is 18.3 Å². The molecule has 0 aliphatic carbocycles. The van der Waals surface area contributed by atoms with Crippen molar-refractivity contribution in [2.24, 2.45) is 0 Å². The minimum atomic E-state index is -4.38. The molecule has 1 unspecified atom stereocenters. The second kappa shape index (κ2) is 6.27. The summed E-state index contributed by atoms with van der Waals surface area (Å²) in [6, 6.07) is 1.19. The molecule has 1 aliphatic heterocycles. The van der Waals surface area contributed by atoms with E-state index >= 15 is 0 Å². The van der Waals surface area contributed by atoms with Gasteiger partial charge in [0.1, 0.15) is 0 Å². The number of nitrogens with zero attached hydrogens (tertiary/aromatic N) is 5. The largest absolute Gasteiger partial charge is 0.435 e. The third kappa shape index (κ3) is 3.52. The topological polar surface area (TPSA) is 46.8 Å². The van der Waals surface area contributed by atoms with Crippen LogP contribution in [0.5, 0.6) is 0 Å². The number of alkyl halides is 3. The first-order chi connectivity index (χ1) is 10.9. The van der Waals surface area contributed by atoms with Crippen LogP contribution in [0.4, 0.5) is 13.2 Å². The molecule has 8 heteroatoms. The highest BCUT2D eigenvalue weighted by molar-refractivity contribution is 5.05. The van der Waals surface area contributed by atoms with E-state index in [2.05, 4.69) is 26.9 Å². The van der Waals surface area contributed by atoms with Gasteiger partial charge in [-0.3, -0.25) is 19.5 Å². The van der Waals surface area contributed by atoms with Gasteiger partial charge in [0.2, 0.25) is 0 Å². The first-order valence-corrected chi connectivity index (χ1v) is 7.57. The molecule has 124 valence electrons. The Hall–Kier alpha value is -1.96. The molecule has 0 N–H and O–H groups in total. The second-order valence-electron chi connectivity index (χ2n) is 5.75. The minimum Gasteiger partial charge on any atom is -0.295 e. The Balaban J connectivity index is 1.61. The van der Waals surface area contributed by atoms with Gasteiger partial charge in [-0.25, -0.2) is 0 Å². The fraction of sp³-hybridized carbons (Fsp3) is 0.533. The smallest absolute Gasteiger partial charge is 0.295 e. The highest BCUT2D eigenvalue weighted by atomic mass is 19.4. The van der Waals surface area contributed by atoms with Crippen LogP contribution < -0.4 is 0 Å². The van der Waals surface area contributed by atoms with Crippen molar-refractivity contribution in [3.63, 3.8) is 0 Å². The van der Waals surface area contributed by atoms with Gasteiger partial charge in [-0.05, 0) is 25.8 Å². The molecule has 5 nitrogen and oxygen atoms in total. The molecule has 3 rings (SSSR count). The van der Waals surface area contributed by atoms with E-state index < -0.39 is 11.9 Å². The molecule has 2 aromatic rings. The summed E-state index contributed by atoms with van der Waals surface area (Å²) in [5.41, 5.74) is 0.0808. The van der Waals surface area contributed by atoms with Crippen molar-refractivity contribution in [1.82, 2.24) is 24.6 Å². The molecule has 1 fully saturated rings. The first-order valence-electron chi connectivity index (χ1n) is 7.57. The van der Waals surface area contributed by atoms with Crippen molar-refractivity contribution in [3.8, 4) is 0 Å². The zero-order valence-corrected chi connectivity index (χ0v) is 12.7. The fourth-order valence-corrected chi connectivity index (χ4v) is 2.94. The average Bonchev–Trinajstić information content (AvgIpc) is 3.05. The standard InChI is InChI=1S/C15H18F3N5/c1-11(13-10-19-5-6-20-13)22-7-2-12(3-8-22)23-9-4-14(21-23)15(16,17)18/h4-6,9-12H,2-3,7-8H2,1H3. The predicted molar refractivity (Wildman–Crippen MR) is 77.5 cm³/mol. The predicted octanol–water partition coefficient (Wildman–Crippen LogP) is 3.09. The Bertz CT molecular complexity index is 632. The average molecular weight is 325 g/mol. The summed E-state index contributed by atoms with van der Waals surface area (Å²) in [7, 11) is 0. The number of hydrogen-bond acceptors (Lipinski definition) is 4. The molecule has 1 aliphatic rings. The van der Waals surface area contributed by atoms with Crippen LogP contribution in [0.2, 0.25) is 0 Å². The zero-order valence-electron chi connectivity index (χ0n) is 12.7. The van der Waals surface area contributed by atoms with E-state index in [0.717, 1.165) is 37.7 Å². The lowest BCUT2D eigenvalue weighted by Gasteiger charge is -2.35. The Morgan fingerprint density at radius 2 is 1.96 bits per heavy atom. The van der Waals surface area contributed by atoms with E-state index in [0.29, 0.717) is 0 Å². The van der Waals surface area contributed by atoms with Gasteiger partial charge in [-0.15, -0.1) is 0 Å². The maximum absolute atomic E-state index is 12.6. The summed E-state index contributed by atoms with van der Waals surface area (Å²) < 4.78 is 39.3. The van der Waals surface area contributed by atoms with Gasteiger partial charge in [-0.1, -0.05) is 0 Å². The summed E-state index contributed by atoms with van der Waals surface area (Å²) in [5, 5.41) is 3.68. The van der Waals surface area contributed by atoms with Crippen molar-refractivity contribution in [2.45, 2.75) is 38.0 Å². The van der Waals surface area contributed by atoms with Gasteiger partial charge in [0, 0.05) is 37.9 Å². The van der Waals surface area contributed by atoms with Gasteiger partial charge in [0.25, 0.3) is 0 Å². The molecule has 23 heavy (non-hydrogen) atoms. The minimum absolute atomic E-state index is 0.0106. The van der Waals surface area contributed by atoms with Crippen molar-refractivity contribution >= 4 is 0 Å². The van der Waals surface area contributed by atoms with Crippen LogP contribution in [0.25, 0.3) is 0 Å². The summed E-state index contributed by atoms with van der Waals surface area (Å²) in [5.74, 6) is 0. The molecule has 1 saturated heterocycles. The van der Waals surface area contributed by atoms with Gasteiger partial charge >= 0.3 is 6.18 Å². The highest BCUT2D eigenvalue weighted by Gasteiger charge is 2.34. The van der Waals surface area contributed by atoms with Gasteiger partial charge in [0.15, 0.2) is 5.69 Å². The Kier molecular flexibility index (Phi) is 4.34. The number of hydrogen-bond donors (Lipinski definition) is 0. The van der Waals surface area contributed by atoms with Crippen LogP contribution in [-0.2, 0) is 6.18 Å². The molecule has 0 amide bonds. The lowest BCUT2D eigenvalue weighted by Crippen LogP contribution is -2.37. The number of halogens is 3. The summed E-state index contributed by atoms with van der Waals surface area (Å²) in [4.78, 5) is 10.7. The van der Waals surface area contributed by atoms with E-state index in [1.165, 1.54) is 10.9 Å². The Morgan fingerprint density at radius 3 is 2.52 bits per heavy atom. The van der Waals surface area contributed by atoms with Crippen LogP contribution >= 0.6 is 0 Å². The van der Waals surface area contributed by atoms with Crippen LogP contribution in [0.1, 0.15) is 43.2 Å². The fourth-order valence-electron chi connectivity index (χ4n) is 2.94. The quantitative estimate of drug-likeness (QED) is 0.870. The lowest BCUT2D eigenvalue weighted by molar-refractivity contribution is -0.141. The molecular formula is C15H18F3N5. The van der Waals surface area contributed by atoms with E-state index in [1.54, 1.807) is 18.6 Å². The molecule has 2 aromatic heterocycles. The molecule has 0 radical (unpaired) electrons. The monoisotopic (exact) mass is 325 g/mol. The summed E-state index contributed by atoms with van der Waals surface area (Å²) in [6.07, 6.45) is 3.63. The third-order valence-corrected chi connectivity index (χ3v) is 4.33. The van der Waals surface area contributed by atoms with E-state index in [4.69, 9.17) is 0 Å². The molecular weight excluding hydrogens is 307 g/mol. The lowest BCUT2D eigenvalue weighted by atomic mass is 10.0. The van der Waals surface area contributed by atoms with Crippen molar-refractivity contribution in [3.05, 3.63) is 42.2 Å². The molecule has 0 aromatic carbocycles. The van der Waals surface area contributed by atoms with Crippen LogP contribution in [0, 0.1) is 0 Å². The summed E-state index contributed by atoms with van der Waals surface area (Å²) >= 11 is 0. The Morgan fingerprint density at radius 1 is 1.22 bits per heavy atom. The molecule has 0 bridgehead atoms. The van der Waals surface area contributed by atoms with Gasteiger partial charge < -0.3 is 0 Å². The van der Waals surface area contributed by atoms with Crippen molar-refractivity contribution < 1.29 is 13.2 Å². The maximum Gasteiger partial charge on any atom is 0.435 e. The van der Waals surface area contributed by atoms with Crippen molar-refractivity contribution in [1.29, 1.82) is 0 Å². The molecule has 1 atom stereocenters. The van der Waals surface area contributed by atoms with E-state index in [-0.39, 0.29) is 12.1 Å². The van der Waals surface area contributed by atoms with E-state index in [9.17, 15) is 13.2 Å². The van der Waals surface area contributed by atoms with Crippen LogP contribution in [0.15, 0.2) is 30.9 Å². The summed E-state index contributed by atoms with van der Waals surface area (Å²) in [6.45, 7) is 3.66. The van der Waals surface area contributed by atoms with Gasteiger partial charge in [0.05, 0.1) is 17.8 Å².